The number of carbonyl (C=O) groups is 1. The minimum absolute atomic E-state index is 0.220. The van der Waals surface area contributed by atoms with Gasteiger partial charge in [-0.3, -0.25) is 4.79 Å². The van der Waals surface area contributed by atoms with E-state index < -0.39 is 11.8 Å². The largest absolute Gasteiger partial charge is 0.398 e. The Bertz CT molecular complexity index is 732. The van der Waals surface area contributed by atoms with Gasteiger partial charge in [0.15, 0.2) is 0 Å². The summed E-state index contributed by atoms with van der Waals surface area (Å²) < 4.78 is 0. The third-order valence-corrected chi connectivity index (χ3v) is 4.17. The Labute approximate surface area is 130 Å². The number of amides is 1. The molecule has 6 N–H and O–H groups in total. The first kappa shape index (κ1) is 15.9. The van der Waals surface area contributed by atoms with Crippen molar-refractivity contribution in [1.29, 1.82) is 5.41 Å². The van der Waals surface area contributed by atoms with Crippen molar-refractivity contribution < 1.29 is 4.79 Å². The number of aromatic amines is 1. The second kappa shape index (κ2) is 5.71. The average Bonchev–Trinajstić information content (AvgIpc) is 2.84. The average molecular weight is 301 g/mol. The number of anilines is 2. The van der Waals surface area contributed by atoms with Crippen molar-refractivity contribution in [2.24, 2.45) is 5.73 Å². The summed E-state index contributed by atoms with van der Waals surface area (Å²) in [5, 5.41) is 8.54. The lowest BCUT2D eigenvalue weighted by Crippen LogP contribution is -2.28. The van der Waals surface area contributed by atoms with Gasteiger partial charge in [-0.1, -0.05) is 0 Å². The van der Waals surface area contributed by atoms with Gasteiger partial charge in [0.2, 0.25) is 5.91 Å². The van der Waals surface area contributed by atoms with E-state index in [1.807, 2.05) is 13.1 Å². The summed E-state index contributed by atoms with van der Waals surface area (Å²) in [6, 6.07) is 3.85. The summed E-state index contributed by atoms with van der Waals surface area (Å²) >= 11 is 0. The molecule has 22 heavy (non-hydrogen) atoms. The molecular formula is C16H23N5O. The normalized spacial score (nSPS) is 12.6. The first-order valence-electron chi connectivity index (χ1n) is 7.26. The Morgan fingerprint density at radius 3 is 2.50 bits per heavy atom. The van der Waals surface area contributed by atoms with Crippen molar-refractivity contribution in [3.05, 3.63) is 23.4 Å². The Kier molecular flexibility index (Phi) is 4.12. The van der Waals surface area contributed by atoms with Gasteiger partial charge >= 0.3 is 0 Å². The topological polar surface area (TPSA) is 112 Å². The van der Waals surface area contributed by atoms with Crippen LogP contribution in [0.25, 0.3) is 10.9 Å². The monoisotopic (exact) mass is 301 g/mol. The van der Waals surface area contributed by atoms with Crippen molar-refractivity contribution in [2.75, 3.05) is 17.7 Å². The van der Waals surface area contributed by atoms with Crippen LogP contribution in [-0.2, 0) is 4.79 Å². The van der Waals surface area contributed by atoms with Crippen LogP contribution < -0.4 is 16.4 Å². The number of nitrogen functional groups attached to an aromatic ring is 1. The number of H-pyrrole nitrogens is 1. The summed E-state index contributed by atoms with van der Waals surface area (Å²) in [5.41, 5.74) is 15.2. The van der Waals surface area contributed by atoms with Gasteiger partial charge in [0.05, 0.1) is 17.3 Å². The molecule has 0 saturated heterocycles. The molecule has 1 heterocycles. The van der Waals surface area contributed by atoms with Crippen molar-refractivity contribution >= 4 is 34.4 Å². The fraction of sp³-hybridized carbons (Fsp3) is 0.375. The van der Waals surface area contributed by atoms with E-state index in [4.69, 9.17) is 16.9 Å². The number of benzene rings is 1. The van der Waals surface area contributed by atoms with Gasteiger partial charge in [-0.15, -0.1) is 0 Å². The van der Waals surface area contributed by atoms with Gasteiger partial charge in [0, 0.05) is 41.5 Å². The number of rotatable bonds is 5. The maximum Gasteiger partial charge on any atom is 0.226 e. The first-order chi connectivity index (χ1) is 10.3. The third-order valence-electron chi connectivity index (χ3n) is 4.17. The highest BCUT2D eigenvalue weighted by molar-refractivity contribution is 6.10. The summed E-state index contributed by atoms with van der Waals surface area (Å²) in [7, 11) is 1.96. The van der Waals surface area contributed by atoms with Crippen LogP contribution in [0.1, 0.15) is 37.9 Å². The molecular weight excluding hydrogens is 278 g/mol. The molecule has 0 fully saturated rings. The number of hydrogen-bond acceptors (Lipinski definition) is 4. The summed E-state index contributed by atoms with van der Waals surface area (Å²) in [4.78, 5) is 17.0. The molecule has 1 aromatic carbocycles. The molecule has 0 aliphatic rings. The van der Waals surface area contributed by atoms with Crippen LogP contribution in [0, 0.1) is 5.41 Å². The highest BCUT2D eigenvalue weighted by Crippen LogP contribution is 2.38. The fourth-order valence-corrected chi connectivity index (χ4v) is 2.57. The molecule has 0 aliphatic carbocycles. The second-order valence-electron chi connectivity index (χ2n) is 5.85. The number of aromatic nitrogens is 1. The minimum atomic E-state index is -0.455. The molecule has 1 amide bonds. The molecule has 118 valence electrons. The molecule has 0 spiro atoms. The molecule has 0 saturated carbocycles. The molecule has 0 bridgehead atoms. The number of nitrogens with two attached hydrogens (primary N) is 2. The zero-order valence-electron chi connectivity index (χ0n) is 13.4. The molecule has 1 aromatic heterocycles. The molecule has 6 heteroatoms. The number of hydrogen-bond donors (Lipinski definition) is 4. The molecule has 0 aliphatic heterocycles. The second-order valence-corrected chi connectivity index (χ2v) is 5.85. The van der Waals surface area contributed by atoms with Gasteiger partial charge in [0.1, 0.15) is 0 Å². The van der Waals surface area contributed by atoms with Crippen molar-refractivity contribution in [2.45, 2.75) is 32.7 Å². The fourth-order valence-electron chi connectivity index (χ4n) is 2.57. The minimum Gasteiger partial charge on any atom is -0.398 e. The quantitative estimate of drug-likeness (QED) is 0.501. The van der Waals surface area contributed by atoms with Gasteiger partial charge in [-0.25, -0.2) is 0 Å². The third kappa shape index (κ3) is 2.41. The Morgan fingerprint density at radius 2 is 2.00 bits per heavy atom. The molecule has 2 aromatic rings. The van der Waals surface area contributed by atoms with Crippen LogP contribution in [-0.4, -0.2) is 30.2 Å². The molecule has 0 radical (unpaired) electrons. The van der Waals surface area contributed by atoms with E-state index in [2.05, 4.69) is 23.7 Å². The van der Waals surface area contributed by atoms with Crippen LogP contribution >= 0.6 is 0 Å². The molecule has 2 rings (SSSR count). The van der Waals surface area contributed by atoms with Gasteiger partial charge in [0.25, 0.3) is 0 Å². The lowest BCUT2D eigenvalue weighted by molar-refractivity contribution is -0.119. The smallest absolute Gasteiger partial charge is 0.226 e. The Hall–Kier alpha value is -2.50. The maximum absolute atomic E-state index is 11.7. The summed E-state index contributed by atoms with van der Waals surface area (Å²) in [6.07, 6.45) is 1.25. The van der Waals surface area contributed by atoms with E-state index in [0.29, 0.717) is 11.3 Å². The van der Waals surface area contributed by atoms with E-state index in [-0.39, 0.29) is 6.04 Å². The van der Waals surface area contributed by atoms with E-state index >= 15 is 0 Å². The van der Waals surface area contributed by atoms with Crippen LogP contribution in [0.2, 0.25) is 0 Å². The summed E-state index contributed by atoms with van der Waals surface area (Å²) in [5.74, 6) is -0.849. The SMILES string of the molecule is CC(C(N)=O)c1[nH]c2ccc(N)c(C=N)c2c1N(C)C(C)C. The Morgan fingerprint density at radius 1 is 1.36 bits per heavy atom. The number of carbonyl (C=O) groups excluding carboxylic acids is 1. The molecule has 6 nitrogen and oxygen atoms in total. The summed E-state index contributed by atoms with van der Waals surface area (Å²) in [6.45, 7) is 5.90. The lowest BCUT2D eigenvalue weighted by Gasteiger charge is -2.26. The highest BCUT2D eigenvalue weighted by atomic mass is 16.1. The number of primary amides is 1. The highest BCUT2D eigenvalue weighted by Gasteiger charge is 2.25. The zero-order chi connectivity index (χ0) is 16.6. The first-order valence-corrected chi connectivity index (χ1v) is 7.26. The van der Waals surface area contributed by atoms with Crippen molar-refractivity contribution in [1.82, 2.24) is 4.98 Å². The molecule has 1 unspecified atom stereocenters. The van der Waals surface area contributed by atoms with E-state index in [9.17, 15) is 4.79 Å². The number of nitrogens with one attached hydrogen (secondary N) is 2. The number of nitrogens with zero attached hydrogens (tertiary/aromatic N) is 1. The lowest BCUT2D eigenvalue weighted by atomic mass is 10.0. The van der Waals surface area contributed by atoms with Gasteiger partial charge in [-0.2, -0.15) is 0 Å². The van der Waals surface area contributed by atoms with Crippen LogP contribution in [0.4, 0.5) is 11.4 Å². The van der Waals surface area contributed by atoms with Crippen LogP contribution in [0.3, 0.4) is 0 Å². The van der Waals surface area contributed by atoms with Crippen molar-refractivity contribution in [3.63, 3.8) is 0 Å². The zero-order valence-corrected chi connectivity index (χ0v) is 13.4. The Balaban J connectivity index is 2.89. The standard InChI is InChI=1S/C16H23N5O/c1-8(2)21(4)15-13-10(7-17)11(18)5-6-12(13)20-14(15)9(3)16(19)22/h5-9,17,20H,18H2,1-4H3,(H2,19,22). The van der Waals surface area contributed by atoms with Gasteiger partial charge in [-0.05, 0) is 32.9 Å². The van der Waals surface area contributed by atoms with E-state index in [1.54, 1.807) is 13.0 Å². The predicted molar refractivity (Wildman–Crippen MR) is 91.7 cm³/mol. The van der Waals surface area contributed by atoms with Crippen molar-refractivity contribution in [3.8, 4) is 0 Å². The number of fused-ring (bicyclic) bond motifs is 1. The maximum atomic E-state index is 11.7. The van der Waals surface area contributed by atoms with Gasteiger partial charge < -0.3 is 26.8 Å². The van der Waals surface area contributed by atoms with E-state index in [0.717, 1.165) is 22.3 Å². The van der Waals surface area contributed by atoms with E-state index in [1.165, 1.54) is 6.21 Å². The van der Waals surface area contributed by atoms with Crippen LogP contribution in [0.5, 0.6) is 0 Å². The predicted octanol–water partition coefficient (Wildman–Crippen LogP) is 2.18. The molecule has 1 atom stereocenters. The van der Waals surface area contributed by atoms with Crippen LogP contribution in [0.15, 0.2) is 12.1 Å².